The van der Waals surface area contributed by atoms with Gasteiger partial charge in [0.15, 0.2) is 0 Å². The van der Waals surface area contributed by atoms with Crippen LogP contribution in [0.5, 0.6) is 0 Å². The van der Waals surface area contributed by atoms with E-state index in [2.05, 4.69) is 30.3 Å². The van der Waals surface area contributed by atoms with Crippen molar-refractivity contribution >= 4 is 11.8 Å². The van der Waals surface area contributed by atoms with Crippen LogP contribution >= 0.6 is 11.8 Å². The molecule has 1 aliphatic heterocycles. The van der Waals surface area contributed by atoms with E-state index in [9.17, 15) is 0 Å². The molecule has 3 heteroatoms. The largest absolute Gasteiger partial charge is 0.312 e. The summed E-state index contributed by atoms with van der Waals surface area (Å²) in [5.74, 6) is 2.02. The van der Waals surface area contributed by atoms with Gasteiger partial charge in [0, 0.05) is 24.9 Å². The van der Waals surface area contributed by atoms with E-state index in [-0.39, 0.29) is 0 Å². The van der Waals surface area contributed by atoms with Crippen LogP contribution in [0.4, 0.5) is 0 Å². The van der Waals surface area contributed by atoms with Gasteiger partial charge in [-0.05, 0) is 31.7 Å². The second-order valence-electron chi connectivity index (χ2n) is 4.45. The van der Waals surface area contributed by atoms with Crippen molar-refractivity contribution in [2.45, 2.75) is 26.3 Å². The molecule has 1 rings (SSSR count). The van der Waals surface area contributed by atoms with E-state index < -0.39 is 0 Å². The van der Waals surface area contributed by atoms with Crippen LogP contribution in [0.25, 0.3) is 0 Å². The summed E-state index contributed by atoms with van der Waals surface area (Å²) >= 11 is 1.95. The molecule has 0 bridgehead atoms. The van der Waals surface area contributed by atoms with E-state index in [1.807, 2.05) is 11.8 Å². The lowest BCUT2D eigenvalue weighted by Gasteiger charge is -2.26. The van der Waals surface area contributed by atoms with Crippen LogP contribution in [-0.4, -0.2) is 49.1 Å². The lowest BCUT2D eigenvalue weighted by atomic mass is 10.0. The van der Waals surface area contributed by atoms with Gasteiger partial charge in [0.2, 0.25) is 0 Å². The van der Waals surface area contributed by atoms with Gasteiger partial charge in [0.1, 0.15) is 0 Å². The minimum absolute atomic E-state index is 0.694. The molecule has 0 aromatic heterocycles. The summed E-state index contributed by atoms with van der Waals surface area (Å²) in [6, 6.07) is 0.694. The number of thioether (sulfide) groups is 1. The zero-order valence-corrected chi connectivity index (χ0v) is 10.6. The minimum atomic E-state index is 0.694. The highest BCUT2D eigenvalue weighted by molar-refractivity contribution is 7.98. The predicted molar refractivity (Wildman–Crippen MR) is 66.1 cm³/mol. The van der Waals surface area contributed by atoms with Gasteiger partial charge in [-0.3, -0.25) is 0 Å². The fraction of sp³-hybridized carbons (Fsp3) is 1.00. The average Bonchev–Trinajstić information content (AvgIpc) is 2.39. The SMILES string of the molecule is CSCCN1CCCNC(C(C)C)C1. The summed E-state index contributed by atoms with van der Waals surface area (Å²) in [6.07, 6.45) is 3.49. The quantitative estimate of drug-likeness (QED) is 0.769. The Hall–Kier alpha value is 0.270. The molecule has 0 aromatic carbocycles. The first-order chi connectivity index (χ1) is 6.74. The summed E-state index contributed by atoms with van der Waals surface area (Å²) in [6.45, 7) is 9.59. The van der Waals surface area contributed by atoms with Crippen molar-refractivity contribution in [3.8, 4) is 0 Å². The number of nitrogens with zero attached hydrogens (tertiary/aromatic N) is 1. The third-order valence-electron chi connectivity index (χ3n) is 2.93. The van der Waals surface area contributed by atoms with Gasteiger partial charge in [0.05, 0.1) is 0 Å². The molecule has 1 aliphatic rings. The maximum Gasteiger partial charge on any atom is 0.0217 e. The van der Waals surface area contributed by atoms with E-state index in [1.54, 1.807) is 0 Å². The average molecular weight is 216 g/mol. The molecule has 1 heterocycles. The van der Waals surface area contributed by atoms with Crippen LogP contribution in [0, 0.1) is 5.92 Å². The summed E-state index contributed by atoms with van der Waals surface area (Å²) in [7, 11) is 0. The van der Waals surface area contributed by atoms with Crippen LogP contribution < -0.4 is 5.32 Å². The number of nitrogens with one attached hydrogen (secondary N) is 1. The van der Waals surface area contributed by atoms with Gasteiger partial charge >= 0.3 is 0 Å². The van der Waals surface area contributed by atoms with Crippen LogP contribution in [0.15, 0.2) is 0 Å². The van der Waals surface area contributed by atoms with Crippen molar-refractivity contribution in [3.63, 3.8) is 0 Å². The first-order valence-corrected chi connectivity index (χ1v) is 7.08. The van der Waals surface area contributed by atoms with Gasteiger partial charge in [-0.25, -0.2) is 0 Å². The van der Waals surface area contributed by atoms with Crippen molar-refractivity contribution in [2.75, 3.05) is 38.2 Å². The Morgan fingerprint density at radius 3 is 2.93 bits per heavy atom. The van der Waals surface area contributed by atoms with Crippen molar-refractivity contribution in [1.82, 2.24) is 10.2 Å². The molecular formula is C11H24N2S. The molecule has 1 N–H and O–H groups in total. The van der Waals surface area contributed by atoms with Crippen LogP contribution in [0.1, 0.15) is 20.3 Å². The van der Waals surface area contributed by atoms with E-state index >= 15 is 0 Å². The molecule has 2 nitrogen and oxygen atoms in total. The van der Waals surface area contributed by atoms with E-state index in [0.29, 0.717) is 6.04 Å². The smallest absolute Gasteiger partial charge is 0.0217 e. The van der Waals surface area contributed by atoms with Gasteiger partial charge in [0.25, 0.3) is 0 Å². The fourth-order valence-electron chi connectivity index (χ4n) is 1.89. The third kappa shape index (κ3) is 4.20. The standard InChI is InChI=1S/C11H24N2S/c1-10(2)11-9-13(7-8-14-3)6-4-5-12-11/h10-12H,4-9H2,1-3H3. The van der Waals surface area contributed by atoms with Crippen molar-refractivity contribution in [1.29, 1.82) is 0 Å². The highest BCUT2D eigenvalue weighted by Crippen LogP contribution is 2.09. The molecular weight excluding hydrogens is 192 g/mol. The number of hydrogen-bond donors (Lipinski definition) is 1. The van der Waals surface area contributed by atoms with Gasteiger partial charge in [-0.2, -0.15) is 11.8 Å². The second kappa shape index (κ2) is 6.70. The molecule has 0 saturated carbocycles. The van der Waals surface area contributed by atoms with Crippen molar-refractivity contribution in [3.05, 3.63) is 0 Å². The van der Waals surface area contributed by atoms with Crippen LogP contribution in [-0.2, 0) is 0 Å². The number of hydrogen-bond acceptors (Lipinski definition) is 3. The van der Waals surface area contributed by atoms with Crippen molar-refractivity contribution < 1.29 is 0 Å². The maximum absolute atomic E-state index is 3.64. The third-order valence-corrected chi connectivity index (χ3v) is 3.52. The summed E-state index contributed by atoms with van der Waals surface area (Å²) in [5.41, 5.74) is 0. The predicted octanol–water partition coefficient (Wildman–Crippen LogP) is 1.67. The molecule has 1 saturated heterocycles. The Balaban J connectivity index is 2.35. The molecule has 0 aromatic rings. The molecule has 14 heavy (non-hydrogen) atoms. The first kappa shape index (κ1) is 12.3. The summed E-state index contributed by atoms with van der Waals surface area (Å²) in [4.78, 5) is 2.61. The molecule has 0 spiro atoms. The highest BCUT2D eigenvalue weighted by atomic mass is 32.2. The van der Waals surface area contributed by atoms with E-state index in [1.165, 1.54) is 38.4 Å². The van der Waals surface area contributed by atoms with Gasteiger partial charge < -0.3 is 10.2 Å². The molecule has 84 valence electrons. The van der Waals surface area contributed by atoms with Gasteiger partial charge in [-0.1, -0.05) is 13.8 Å². The topological polar surface area (TPSA) is 15.3 Å². The lowest BCUT2D eigenvalue weighted by molar-refractivity contribution is 0.258. The van der Waals surface area contributed by atoms with Crippen molar-refractivity contribution in [2.24, 2.45) is 5.92 Å². The minimum Gasteiger partial charge on any atom is -0.312 e. The fourth-order valence-corrected chi connectivity index (χ4v) is 2.33. The number of rotatable bonds is 4. The lowest BCUT2D eigenvalue weighted by Crippen LogP contribution is -2.41. The molecule has 1 atom stereocenters. The Kier molecular flexibility index (Phi) is 5.90. The van der Waals surface area contributed by atoms with E-state index in [0.717, 1.165) is 5.92 Å². The molecule has 0 aliphatic carbocycles. The molecule has 1 fully saturated rings. The van der Waals surface area contributed by atoms with E-state index in [4.69, 9.17) is 0 Å². The Bertz CT molecular complexity index is 150. The zero-order valence-electron chi connectivity index (χ0n) is 9.75. The first-order valence-electron chi connectivity index (χ1n) is 5.68. The Morgan fingerprint density at radius 2 is 2.29 bits per heavy atom. The monoisotopic (exact) mass is 216 g/mol. The zero-order chi connectivity index (χ0) is 10.4. The summed E-state index contributed by atoms with van der Waals surface area (Å²) in [5, 5.41) is 3.64. The normalized spacial score (nSPS) is 25.3. The molecule has 1 unspecified atom stereocenters. The molecule has 0 radical (unpaired) electrons. The Labute approximate surface area is 92.8 Å². The van der Waals surface area contributed by atoms with Crippen LogP contribution in [0.3, 0.4) is 0 Å². The van der Waals surface area contributed by atoms with Gasteiger partial charge in [-0.15, -0.1) is 0 Å². The second-order valence-corrected chi connectivity index (χ2v) is 5.44. The summed E-state index contributed by atoms with van der Waals surface area (Å²) < 4.78 is 0. The highest BCUT2D eigenvalue weighted by Gasteiger charge is 2.19. The maximum atomic E-state index is 3.64. The molecule has 0 amide bonds. The Morgan fingerprint density at radius 1 is 1.50 bits per heavy atom. The van der Waals surface area contributed by atoms with Crippen LogP contribution in [0.2, 0.25) is 0 Å².